The lowest BCUT2D eigenvalue weighted by molar-refractivity contribution is 0.00886. The van der Waals surface area contributed by atoms with Gasteiger partial charge in [-0.3, -0.25) is 4.98 Å². The Bertz CT molecular complexity index is 477. The quantitative estimate of drug-likeness (QED) is 0.879. The van der Waals surface area contributed by atoms with Gasteiger partial charge in [0, 0.05) is 5.92 Å². The summed E-state index contributed by atoms with van der Waals surface area (Å²) in [6.45, 7) is 6.41. The fraction of sp³-hybridized carbons (Fsp3) is 0.643. The highest BCUT2D eigenvalue weighted by molar-refractivity contribution is 5.65. The van der Waals surface area contributed by atoms with Gasteiger partial charge in [0.1, 0.15) is 5.82 Å². The van der Waals surface area contributed by atoms with Gasteiger partial charge in [-0.1, -0.05) is 20.8 Å². The molecule has 20 heavy (non-hydrogen) atoms. The Hall–Kier alpha value is -1.85. The number of hydrogen-bond donors (Lipinski definition) is 2. The van der Waals surface area contributed by atoms with Crippen LogP contribution in [-0.2, 0) is 4.74 Å². The summed E-state index contributed by atoms with van der Waals surface area (Å²) in [4.78, 5) is 19.5. The number of anilines is 1. The number of primary amides is 1. The molecule has 110 valence electrons. The van der Waals surface area contributed by atoms with E-state index in [0.717, 1.165) is 12.8 Å². The molecule has 0 bridgehead atoms. The van der Waals surface area contributed by atoms with Gasteiger partial charge in [0.15, 0.2) is 6.10 Å². The van der Waals surface area contributed by atoms with Gasteiger partial charge in [-0.25, -0.2) is 9.78 Å². The van der Waals surface area contributed by atoms with Crippen LogP contribution < -0.4 is 11.5 Å². The SMILES string of the molecule is CC(C)(C)C(C1CC1)C(OC(N)=O)c1cnc(N)cn1. The maximum absolute atomic E-state index is 11.3. The van der Waals surface area contributed by atoms with Gasteiger partial charge >= 0.3 is 6.09 Å². The summed E-state index contributed by atoms with van der Waals surface area (Å²) in [7, 11) is 0. The third-order valence-electron chi connectivity index (χ3n) is 3.68. The Morgan fingerprint density at radius 1 is 1.35 bits per heavy atom. The van der Waals surface area contributed by atoms with E-state index in [1.54, 1.807) is 6.20 Å². The highest BCUT2D eigenvalue weighted by atomic mass is 16.6. The average Bonchev–Trinajstić information content (AvgIpc) is 3.11. The molecular weight excluding hydrogens is 256 g/mol. The van der Waals surface area contributed by atoms with Crippen LogP contribution in [0, 0.1) is 17.3 Å². The molecule has 6 heteroatoms. The van der Waals surface area contributed by atoms with Crippen molar-refractivity contribution in [1.82, 2.24) is 9.97 Å². The third-order valence-corrected chi connectivity index (χ3v) is 3.68. The van der Waals surface area contributed by atoms with Crippen molar-refractivity contribution in [2.45, 2.75) is 39.7 Å². The van der Waals surface area contributed by atoms with E-state index < -0.39 is 12.2 Å². The summed E-state index contributed by atoms with van der Waals surface area (Å²) in [5.74, 6) is 1.02. The second-order valence-electron chi connectivity index (χ2n) is 6.45. The van der Waals surface area contributed by atoms with Crippen molar-refractivity contribution in [3.63, 3.8) is 0 Å². The molecule has 0 radical (unpaired) electrons. The molecule has 1 amide bonds. The summed E-state index contributed by atoms with van der Waals surface area (Å²) >= 11 is 0. The number of nitrogens with two attached hydrogens (primary N) is 2. The van der Waals surface area contributed by atoms with E-state index >= 15 is 0 Å². The smallest absolute Gasteiger partial charge is 0.405 e. The molecule has 0 aromatic carbocycles. The Morgan fingerprint density at radius 2 is 2.00 bits per heavy atom. The van der Waals surface area contributed by atoms with Crippen LogP contribution in [0.15, 0.2) is 12.4 Å². The number of rotatable bonds is 4. The van der Waals surface area contributed by atoms with Gasteiger partial charge in [0.05, 0.1) is 18.1 Å². The summed E-state index contributed by atoms with van der Waals surface area (Å²) in [6, 6.07) is 0. The minimum absolute atomic E-state index is 0.0235. The highest BCUT2D eigenvalue weighted by Gasteiger charge is 2.46. The van der Waals surface area contributed by atoms with E-state index in [-0.39, 0.29) is 11.3 Å². The zero-order valence-electron chi connectivity index (χ0n) is 12.2. The number of nitrogen functional groups attached to an aromatic ring is 1. The fourth-order valence-corrected chi connectivity index (χ4v) is 2.80. The number of nitrogens with zero attached hydrogens (tertiary/aromatic N) is 2. The summed E-state index contributed by atoms with van der Waals surface area (Å²) in [6.07, 6.45) is 4.05. The molecule has 1 aromatic rings. The molecular formula is C14H22N4O2. The first-order chi connectivity index (χ1) is 9.29. The Balaban J connectivity index is 2.34. The van der Waals surface area contributed by atoms with E-state index in [0.29, 0.717) is 17.4 Å². The molecule has 6 nitrogen and oxygen atoms in total. The van der Waals surface area contributed by atoms with Gasteiger partial charge in [0.2, 0.25) is 0 Å². The van der Waals surface area contributed by atoms with Crippen molar-refractivity contribution in [3.8, 4) is 0 Å². The molecule has 2 atom stereocenters. The van der Waals surface area contributed by atoms with Crippen LogP contribution in [0.3, 0.4) is 0 Å². The second kappa shape index (κ2) is 5.26. The molecule has 1 heterocycles. The largest absolute Gasteiger partial charge is 0.439 e. The molecule has 2 unspecified atom stereocenters. The zero-order valence-corrected chi connectivity index (χ0v) is 12.2. The van der Waals surface area contributed by atoms with Crippen molar-refractivity contribution >= 4 is 11.9 Å². The molecule has 1 aromatic heterocycles. The zero-order chi connectivity index (χ0) is 14.9. The number of aromatic nitrogens is 2. The predicted octanol–water partition coefficient (Wildman–Crippen LogP) is 2.27. The lowest BCUT2D eigenvalue weighted by Crippen LogP contribution is -2.33. The van der Waals surface area contributed by atoms with E-state index in [9.17, 15) is 4.79 Å². The van der Waals surface area contributed by atoms with Crippen molar-refractivity contribution in [3.05, 3.63) is 18.1 Å². The first kappa shape index (κ1) is 14.6. The summed E-state index contributed by atoms with van der Waals surface area (Å²) < 4.78 is 5.36. The molecule has 1 aliphatic carbocycles. The number of hydrogen-bond acceptors (Lipinski definition) is 5. The Kier molecular flexibility index (Phi) is 3.83. The fourth-order valence-electron chi connectivity index (χ4n) is 2.80. The van der Waals surface area contributed by atoms with Crippen LogP contribution >= 0.6 is 0 Å². The lowest BCUT2D eigenvalue weighted by Gasteiger charge is -2.36. The first-order valence-electron chi connectivity index (χ1n) is 6.82. The molecule has 1 fully saturated rings. The van der Waals surface area contributed by atoms with Crippen LogP contribution in [0.2, 0.25) is 0 Å². The average molecular weight is 278 g/mol. The standard InChI is InChI=1S/C14H22N4O2/c1-14(2,3)11(8-4-5-8)12(20-13(16)19)9-6-18-10(15)7-17-9/h6-8,11-12H,4-5H2,1-3H3,(H2,15,18)(H2,16,19). The molecule has 4 N–H and O–H groups in total. The van der Waals surface area contributed by atoms with Crippen molar-refractivity contribution in [2.24, 2.45) is 23.0 Å². The van der Waals surface area contributed by atoms with Crippen LogP contribution in [-0.4, -0.2) is 16.1 Å². The molecule has 1 saturated carbocycles. The van der Waals surface area contributed by atoms with E-state index in [2.05, 4.69) is 30.7 Å². The van der Waals surface area contributed by atoms with Gasteiger partial charge in [-0.2, -0.15) is 0 Å². The lowest BCUT2D eigenvalue weighted by atomic mass is 9.73. The van der Waals surface area contributed by atoms with Gasteiger partial charge in [0.25, 0.3) is 0 Å². The molecule has 2 rings (SSSR count). The van der Waals surface area contributed by atoms with Crippen LogP contribution in [0.25, 0.3) is 0 Å². The minimum Gasteiger partial charge on any atom is -0.439 e. The summed E-state index contributed by atoms with van der Waals surface area (Å²) in [5, 5.41) is 0. The van der Waals surface area contributed by atoms with E-state index in [1.165, 1.54) is 6.20 Å². The number of carbonyl (C=O) groups excluding carboxylic acids is 1. The van der Waals surface area contributed by atoms with E-state index in [4.69, 9.17) is 16.2 Å². The first-order valence-corrected chi connectivity index (χ1v) is 6.82. The topological polar surface area (TPSA) is 104 Å². The third kappa shape index (κ3) is 3.37. The maximum Gasteiger partial charge on any atom is 0.405 e. The van der Waals surface area contributed by atoms with Gasteiger partial charge < -0.3 is 16.2 Å². The summed E-state index contributed by atoms with van der Waals surface area (Å²) in [5.41, 5.74) is 11.4. The molecule has 0 spiro atoms. The maximum atomic E-state index is 11.3. The number of carbonyl (C=O) groups is 1. The number of ether oxygens (including phenoxy) is 1. The van der Waals surface area contributed by atoms with Gasteiger partial charge in [-0.05, 0) is 24.2 Å². The van der Waals surface area contributed by atoms with Gasteiger partial charge in [-0.15, -0.1) is 0 Å². The predicted molar refractivity (Wildman–Crippen MR) is 75.5 cm³/mol. The second-order valence-corrected chi connectivity index (χ2v) is 6.45. The minimum atomic E-state index is -0.788. The van der Waals surface area contributed by atoms with Crippen LogP contribution in [0.4, 0.5) is 10.6 Å². The molecule has 0 saturated heterocycles. The highest BCUT2D eigenvalue weighted by Crippen LogP contribution is 2.52. The number of amides is 1. The molecule has 0 aliphatic heterocycles. The van der Waals surface area contributed by atoms with Crippen molar-refractivity contribution in [2.75, 3.05) is 5.73 Å². The Labute approximate surface area is 118 Å². The normalized spacial score (nSPS) is 18.4. The van der Waals surface area contributed by atoms with Crippen molar-refractivity contribution < 1.29 is 9.53 Å². The van der Waals surface area contributed by atoms with Crippen molar-refractivity contribution in [1.29, 1.82) is 0 Å². The van der Waals surface area contributed by atoms with E-state index in [1.807, 2.05) is 0 Å². The van der Waals surface area contributed by atoms with Crippen LogP contribution in [0.1, 0.15) is 45.4 Å². The molecule has 1 aliphatic rings. The monoisotopic (exact) mass is 278 g/mol. The Morgan fingerprint density at radius 3 is 2.40 bits per heavy atom. The van der Waals surface area contributed by atoms with Crippen LogP contribution in [0.5, 0.6) is 0 Å².